The highest BCUT2D eigenvalue weighted by molar-refractivity contribution is 7.74. The Morgan fingerprint density at radius 2 is 2.17 bits per heavy atom. The van der Waals surface area contributed by atoms with Crippen molar-refractivity contribution in [3.05, 3.63) is 29.3 Å². The fraction of sp³-hybridized carbons (Fsp3) is 0.417. The van der Waals surface area contributed by atoms with Crippen LogP contribution in [0.4, 0.5) is 0 Å². The first-order chi connectivity index (χ1) is 8.40. The van der Waals surface area contributed by atoms with Gasteiger partial charge in [0.05, 0.1) is 36.6 Å². The third-order valence-corrected chi connectivity index (χ3v) is 2.90. The van der Waals surface area contributed by atoms with Crippen LogP contribution in [0.25, 0.3) is 0 Å². The maximum absolute atomic E-state index is 10.4. The number of rotatable bonds is 5. The summed E-state index contributed by atoms with van der Waals surface area (Å²) < 4.78 is 30.4. The summed E-state index contributed by atoms with van der Waals surface area (Å²) in [6.07, 6.45) is 0. The van der Waals surface area contributed by atoms with Crippen molar-refractivity contribution < 1.29 is 17.7 Å². The van der Waals surface area contributed by atoms with Crippen LogP contribution in [0.5, 0.6) is 5.75 Å². The van der Waals surface area contributed by atoms with Gasteiger partial charge in [-0.2, -0.15) is 5.26 Å². The highest BCUT2D eigenvalue weighted by Gasteiger charge is 2.21. The van der Waals surface area contributed by atoms with Gasteiger partial charge in [0.25, 0.3) is 0 Å². The smallest absolute Gasteiger partial charge is 0.124 e. The molecule has 1 aromatic rings. The summed E-state index contributed by atoms with van der Waals surface area (Å²) >= 11 is -2.58. The second-order valence-electron chi connectivity index (χ2n) is 4.23. The molecule has 1 atom stereocenters. The van der Waals surface area contributed by atoms with Crippen molar-refractivity contribution in [3.8, 4) is 11.8 Å². The molecule has 0 fully saturated rings. The Morgan fingerprint density at radius 1 is 1.50 bits per heavy atom. The van der Waals surface area contributed by atoms with Crippen molar-refractivity contribution in [3.63, 3.8) is 0 Å². The standard InChI is InChI=1S/C12H15NO4S/c1-12(2,8-13)10-4-5-11(16-3)9(6-10)7-17-18(14)15/h4-6H,7H2,1-3H3,(H,14,15)/p-1. The highest BCUT2D eigenvalue weighted by atomic mass is 32.2. The van der Waals surface area contributed by atoms with Crippen LogP contribution in [0, 0.1) is 11.3 Å². The molecule has 0 aliphatic carbocycles. The largest absolute Gasteiger partial charge is 0.750 e. The fourth-order valence-corrected chi connectivity index (χ4v) is 1.68. The van der Waals surface area contributed by atoms with Crippen LogP contribution in [0.15, 0.2) is 18.2 Å². The van der Waals surface area contributed by atoms with Gasteiger partial charge in [-0.05, 0) is 31.5 Å². The van der Waals surface area contributed by atoms with Crippen LogP contribution in [-0.2, 0) is 27.6 Å². The van der Waals surface area contributed by atoms with E-state index in [-0.39, 0.29) is 6.61 Å². The molecule has 0 spiro atoms. The molecule has 0 aliphatic heterocycles. The summed E-state index contributed by atoms with van der Waals surface area (Å²) in [4.78, 5) is 0. The number of nitrogens with zero attached hydrogens (tertiary/aromatic N) is 1. The molecule has 18 heavy (non-hydrogen) atoms. The van der Waals surface area contributed by atoms with Gasteiger partial charge < -0.3 is 9.29 Å². The van der Waals surface area contributed by atoms with Gasteiger partial charge >= 0.3 is 0 Å². The first-order valence-corrected chi connectivity index (χ1v) is 6.22. The highest BCUT2D eigenvalue weighted by Crippen LogP contribution is 2.28. The van der Waals surface area contributed by atoms with Gasteiger partial charge in [-0.3, -0.25) is 4.18 Å². The van der Waals surface area contributed by atoms with E-state index in [1.165, 1.54) is 7.11 Å². The van der Waals surface area contributed by atoms with Gasteiger partial charge in [-0.15, -0.1) is 0 Å². The van der Waals surface area contributed by atoms with Crippen molar-refractivity contribution in [1.82, 2.24) is 0 Å². The molecule has 0 amide bonds. The van der Waals surface area contributed by atoms with Crippen molar-refractivity contribution >= 4 is 11.4 Å². The minimum atomic E-state index is -2.58. The molecule has 6 heteroatoms. The Kier molecular flexibility index (Phi) is 4.84. The summed E-state index contributed by atoms with van der Waals surface area (Å²) in [6, 6.07) is 7.37. The summed E-state index contributed by atoms with van der Waals surface area (Å²) in [5, 5.41) is 9.07. The van der Waals surface area contributed by atoms with Gasteiger partial charge in [0, 0.05) is 5.56 Å². The van der Waals surface area contributed by atoms with Crippen LogP contribution < -0.4 is 4.74 Å². The molecule has 0 radical (unpaired) electrons. The zero-order valence-corrected chi connectivity index (χ0v) is 11.2. The number of ether oxygens (including phenoxy) is 1. The molecular formula is C12H14NO4S-. The number of methoxy groups -OCH3 is 1. The monoisotopic (exact) mass is 268 g/mol. The number of hydrogen-bond acceptors (Lipinski definition) is 5. The molecule has 1 rings (SSSR count). The SMILES string of the molecule is COc1ccc(C(C)(C)C#N)cc1COS(=O)[O-]. The van der Waals surface area contributed by atoms with E-state index in [0.29, 0.717) is 11.3 Å². The van der Waals surface area contributed by atoms with Crippen molar-refractivity contribution in [2.24, 2.45) is 0 Å². The second kappa shape index (κ2) is 5.96. The average Bonchev–Trinajstić information content (AvgIpc) is 2.35. The normalized spacial score (nSPS) is 12.8. The first kappa shape index (κ1) is 14.6. The Balaban J connectivity index is 3.10. The summed E-state index contributed by atoms with van der Waals surface area (Å²) in [6.45, 7) is 3.45. The molecule has 0 heterocycles. The van der Waals surface area contributed by atoms with Crippen molar-refractivity contribution in [2.45, 2.75) is 25.9 Å². The van der Waals surface area contributed by atoms with Gasteiger partial charge in [0.1, 0.15) is 5.75 Å². The fourth-order valence-electron chi connectivity index (χ4n) is 1.46. The first-order valence-electron chi connectivity index (χ1n) is 5.22. The Bertz CT molecular complexity index is 493. The van der Waals surface area contributed by atoms with Gasteiger partial charge in [0.2, 0.25) is 0 Å². The topological polar surface area (TPSA) is 82.4 Å². The summed E-state index contributed by atoms with van der Waals surface area (Å²) in [5.74, 6) is 0.526. The van der Waals surface area contributed by atoms with E-state index < -0.39 is 16.8 Å². The van der Waals surface area contributed by atoms with E-state index in [1.807, 2.05) is 0 Å². The molecule has 0 N–H and O–H groups in total. The van der Waals surface area contributed by atoms with Crippen molar-refractivity contribution in [2.75, 3.05) is 7.11 Å². The van der Waals surface area contributed by atoms with Crippen LogP contribution >= 0.6 is 0 Å². The lowest BCUT2D eigenvalue weighted by Gasteiger charge is -2.18. The molecule has 0 saturated carbocycles. The van der Waals surface area contributed by atoms with E-state index in [0.717, 1.165) is 5.56 Å². The summed E-state index contributed by atoms with van der Waals surface area (Å²) in [7, 11) is 1.49. The molecule has 1 unspecified atom stereocenters. The van der Waals surface area contributed by atoms with Crippen LogP contribution in [-0.4, -0.2) is 15.9 Å². The molecule has 0 saturated heterocycles. The quantitative estimate of drug-likeness (QED) is 0.760. The maximum Gasteiger partial charge on any atom is 0.124 e. The van der Waals surface area contributed by atoms with E-state index in [1.54, 1.807) is 32.0 Å². The maximum atomic E-state index is 10.4. The van der Waals surface area contributed by atoms with Crippen LogP contribution in [0.3, 0.4) is 0 Å². The predicted molar refractivity (Wildman–Crippen MR) is 65.3 cm³/mol. The number of benzene rings is 1. The minimum Gasteiger partial charge on any atom is -0.750 e. The van der Waals surface area contributed by atoms with Crippen LogP contribution in [0.1, 0.15) is 25.0 Å². The number of nitriles is 1. The second-order valence-corrected chi connectivity index (χ2v) is 4.87. The van der Waals surface area contributed by atoms with E-state index >= 15 is 0 Å². The van der Waals surface area contributed by atoms with E-state index in [9.17, 15) is 8.76 Å². The third kappa shape index (κ3) is 3.53. The van der Waals surface area contributed by atoms with Gasteiger partial charge in [-0.1, -0.05) is 6.07 Å². The Hall–Kier alpha value is -1.42. The van der Waals surface area contributed by atoms with Gasteiger partial charge in [0.15, 0.2) is 0 Å². The lowest BCUT2D eigenvalue weighted by molar-refractivity contribution is 0.284. The molecular weight excluding hydrogens is 254 g/mol. The predicted octanol–water partition coefficient (Wildman–Crippen LogP) is 1.81. The molecule has 0 aromatic heterocycles. The Morgan fingerprint density at radius 3 is 2.67 bits per heavy atom. The van der Waals surface area contributed by atoms with E-state index in [2.05, 4.69) is 10.3 Å². The van der Waals surface area contributed by atoms with Crippen LogP contribution in [0.2, 0.25) is 0 Å². The Labute approximate surface area is 109 Å². The molecule has 0 aliphatic rings. The summed E-state index contributed by atoms with van der Waals surface area (Å²) in [5.41, 5.74) is 0.709. The van der Waals surface area contributed by atoms with Gasteiger partial charge in [-0.25, -0.2) is 4.21 Å². The zero-order chi connectivity index (χ0) is 13.8. The van der Waals surface area contributed by atoms with Crippen molar-refractivity contribution in [1.29, 1.82) is 5.26 Å². The average molecular weight is 268 g/mol. The minimum absolute atomic E-state index is 0.116. The number of hydrogen-bond donors (Lipinski definition) is 0. The molecule has 1 aromatic carbocycles. The molecule has 98 valence electrons. The molecule has 0 bridgehead atoms. The third-order valence-electron chi connectivity index (χ3n) is 2.59. The molecule has 5 nitrogen and oxygen atoms in total. The van der Waals surface area contributed by atoms with E-state index in [4.69, 9.17) is 10.00 Å². The zero-order valence-electron chi connectivity index (χ0n) is 10.4. The lowest BCUT2D eigenvalue weighted by atomic mass is 9.85. The lowest BCUT2D eigenvalue weighted by Crippen LogP contribution is -2.14.